The highest BCUT2D eigenvalue weighted by atomic mass is 33.1. The molecular weight excluding hydrogens is 316 g/mol. The molecular formula is C17H18OS3. The fourth-order valence-electron chi connectivity index (χ4n) is 1.72. The lowest BCUT2D eigenvalue weighted by molar-refractivity contribution is 0.597. The summed E-state index contributed by atoms with van der Waals surface area (Å²) in [7, 11) is 3.49. The molecule has 1 unspecified atom stereocenters. The topological polar surface area (TPSA) is 23.1 Å². The van der Waals surface area contributed by atoms with Crippen LogP contribution < -0.4 is 0 Å². The summed E-state index contributed by atoms with van der Waals surface area (Å²) in [5, 5.41) is 2.04. The first-order valence-corrected chi connectivity index (χ1v) is 10.6. The van der Waals surface area contributed by atoms with Gasteiger partial charge in [0.2, 0.25) is 0 Å². The van der Waals surface area contributed by atoms with Gasteiger partial charge in [-0.15, -0.1) is 0 Å². The summed E-state index contributed by atoms with van der Waals surface area (Å²) in [6, 6.07) is 20.4. The molecule has 1 atom stereocenters. The lowest BCUT2D eigenvalue weighted by Gasteiger charge is -2.08. The van der Waals surface area contributed by atoms with Gasteiger partial charge in [0.25, 0.3) is 0 Å². The maximum atomic E-state index is 11.9. The van der Waals surface area contributed by atoms with Gasteiger partial charge in [-0.1, -0.05) is 82.3 Å². The summed E-state index contributed by atoms with van der Waals surface area (Å²) < 4.78 is 11.9. The van der Waals surface area contributed by atoms with Gasteiger partial charge in [0.15, 0.2) is 0 Å². The molecule has 110 valence electrons. The third-order valence-corrected chi connectivity index (χ3v) is 5.95. The van der Waals surface area contributed by atoms with Crippen molar-refractivity contribution >= 4 is 32.8 Å². The molecule has 0 aliphatic carbocycles. The second kappa shape index (κ2) is 10.0. The summed E-state index contributed by atoms with van der Waals surface area (Å²) >= 11 is -0.822. The first kappa shape index (κ1) is 16.6. The summed E-state index contributed by atoms with van der Waals surface area (Å²) in [6.07, 6.45) is 2.00. The summed E-state index contributed by atoms with van der Waals surface area (Å²) in [6.45, 7) is 0. The number of benzene rings is 2. The molecule has 2 rings (SSSR count). The van der Waals surface area contributed by atoms with Gasteiger partial charge in [-0.05, 0) is 28.2 Å². The van der Waals surface area contributed by atoms with E-state index in [2.05, 4.69) is 24.3 Å². The van der Waals surface area contributed by atoms with E-state index in [4.69, 9.17) is 0 Å². The van der Waals surface area contributed by atoms with Crippen LogP contribution in [0.5, 0.6) is 0 Å². The van der Waals surface area contributed by atoms with Crippen molar-refractivity contribution in [3.05, 3.63) is 83.3 Å². The van der Waals surface area contributed by atoms with Crippen LogP contribution in [0.4, 0.5) is 0 Å². The van der Waals surface area contributed by atoms with Gasteiger partial charge >= 0.3 is 0 Å². The van der Waals surface area contributed by atoms with Crippen molar-refractivity contribution in [3.63, 3.8) is 0 Å². The van der Waals surface area contributed by atoms with Crippen molar-refractivity contribution < 1.29 is 4.55 Å². The molecule has 2 aromatic carbocycles. The molecule has 21 heavy (non-hydrogen) atoms. The van der Waals surface area contributed by atoms with Gasteiger partial charge in [0.1, 0.15) is 11.5 Å². The first-order chi connectivity index (χ1) is 10.3. The van der Waals surface area contributed by atoms with Crippen molar-refractivity contribution in [2.45, 2.75) is 11.5 Å². The van der Waals surface area contributed by atoms with Gasteiger partial charge in [-0.2, -0.15) is 0 Å². The Kier molecular flexibility index (Phi) is 7.89. The van der Waals surface area contributed by atoms with Crippen molar-refractivity contribution in [1.82, 2.24) is 0 Å². The molecule has 0 heterocycles. The third kappa shape index (κ3) is 7.14. The molecule has 0 aromatic heterocycles. The van der Waals surface area contributed by atoms with E-state index >= 15 is 0 Å². The monoisotopic (exact) mass is 334 g/mol. The summed E-state index contributed by atoms with van der Waals surface area (Å²) in [5.41, 5.74) is 2.46. The lowest BCUT2D eigenvalue weighted by Crippen LogP contribution is -2.07. The molecule has 0 radical (unpaired) electrons. The highest BCUT2D eigenvalue weighted by Crippen LogP contribution is 2.26. The molecule has 0 amide bonds. The number of rotatable bonds is 8. The van der Waals surface area contributed by atoms with Gasteiger partial charge in [0.05, 0.1) is 0 Å². The van der Waals surface area contributed by atoms with E-state index in [1.807, 2.05) is 47.9 Å². The standard InChI is InChI=1S/C17H18OS3/c18-21(15-17-10-5-2-6-11-17)13-7-12-19-20-14-16-8-3-1-4-9-16/h1-12H,13-15H2/b12-7+. The molecule has 0 spiro atoms. The minimum Gasteiger partial charge on any atom is -0.616 e. The maximum Gasteiger partial charge on any atom is 0.130 e. The molecule has 0 aliphatic heterocycles. The number of hydrogen-bond donors (Lipinski definition) is 0. The average Bonchev–Trinajstić information content (AvgIpc) is 2.53. The first-order valence-electron chi connectivity index (χ1n) is 6.71. The Morgan fingerprint density at radius 1 is 0.905 bits per heavy atom. The van der Waals surface area contributed by atoms with E-state index < -0.39 is 11.2 Å². The van der Waals surface area contributed by atoms with E-state index in [1.165, 1.54) is 5.56 Å². The number of hydrogen-bond acceptors (Lipinski definition) is 3. The second-order valence-corrected chi connectivity index (χ2v) is 8.23. The smallest absolute Gasteiger partial charge is 0.130 e. The van der Waals surface area contributed by atoms with E-state index in [0.717, 1.165) is 11.3 Å². The second-order valence-electron chi connectivity index (χ2n) is 4.45. The van der Waals surface area contributed by atoms with Crippen LogP contribution in [0.2, 0.25) is 0 Å². The van der Waals surface area contributed by atoms with Crippen molar-refractivity contribution in [1.29, 1.82) is 0 Å². The van der Waals surface area contributed by atoms with Crippen LogP contribution >= 0.6 is 21.6 Å². The van der Waals surface area contributed by atoms with Crippen LogP contribution in [-0.4, -0.2) is 10.3 Å². The lowest BCUT2D eigenvalue weighted by atomic mass is 10.2. The Labute approximate surface area is 137 Å². The average molecular weight is 335 g/mol. The molecule has 0 saturated carbocycles. The quantitative estimate of drug-likeness (QED) is 0.384. The van der Waals surface area contributed by atoms with Crippen molar-refractivity contribution in [2.24, 2.45) is 0 Å². The Hall–Kier alpha value is -0.810. The zero-order valence-corrected chi connectivity index (χ0v) is 14.1. The highest BCUT2D eigenvalue weighted by molar-refractivity contribution is 8.77. The molecule has 0 bridgehead atoms. The Morgan fingerprint density at radius 3 is 2.19 bits per heavy atom. The van der Waals surface area contributed by atoms with Gasteiger partial charge in [0, 0.05) is 11.3 Å². The predicted molar refractivity (Wildman–Crippen MR) is 97.6 cm³/mol. The predicted octanol–water partition coefficient (Wildman–Crippen LogP) is 5.03. The molecule has 0 aliphatic rings. The van der Waals surface area contributed by atoms with E-state index in [1.54, 1.807) is 21.6 Å². The van der Waals surface area contributed by atoms with Crippen molar-refractivity contribution in [2.75, 3.05) is 5.75 Å². The van der Waals surface area contributed by atoms with Crippen LogP contribution in [0.15, 0.2) is 72.1 Å². The van der Waals surface area contributed by atoms with E-state index in [0.29, 0.717) is 11.5 Å². The van der Waals surface area contributed by atoms with Gasteiger partial charge < -0.3 is 4.55 Å². The zero-order chi connectivity index (χ0) is 14.8. The van der Waals surface area contributed by atoms with Crippen LogP contribution in [0, 0.1) is 0 Å². The third-order valence-electron chi connectivity index (χ3n) is 2.74. The SMILES string of the molecule is [O-][S+](C/C=C/SSCc1ccccc1)Cc1ccccc1. The zero-order valence-electron chi connectivity index (χ0n) is 11.7. The minimum atomic E-state index is -0.822. The highest BCUT2D eigenvalue weighted by Gasteiger charge is 2.04. The molecule has 2 aromatic rings. The molecule has 4 heteroatoms. The Balaban J connectivity index is 1.59. The van der Waals surface area contributed by atoms with Crippen LogP contribution in [-0.2, 0) is 22.7 Å². The minimum absolute atomic E-state index is 0.619. The normalized spacial score (nSPS) is 12.6. The summed E-state index contributed by atoms with van der Waals surface area (Å²) in [5.74, 6) is 2.24. The van der Waals surface area contributed by atoms with Gasteiger partial charge in [-0.3, -0.25) is 0 Å². The fraction of sp³-hybridized carbons (Fsp3) is 0.176. The van der Waals surface area contributed by atoms with E-state index in [-0.39, 0.29) is 0 Å². The molecule has 1 nitrogen and oxygen atoms in total. The molecule has 0 saturated heterocycles. The Bertz CT molecular complexity index is 528. The Morgan fingerprint density at radius 2 is 1.52 bits per heavy atom. The molecule has 0 fully saturated rings. The van der Waals surface area contributed by atoms with Crippen LogP contribution in [0.3, 0.4) is 0 Å². The van der Waals surface area contributed by atoms with E-state index in [9.17, 15) is 4.55 Å². The fourth-order valence-corrected chi connectivity index (χ4v) is 4.57. The van der Waals surface area contributed by atoms with Gasteiger partial charge in [-0.25, -0.2) is 0 Å². The maximum absolute atomic E-state index is 11.9. The van der Waals surface area contributed by atoms with Crippen LogP contribution in [0.1, 0.15) is 11.1 Å². The summed E-state index contributed by atoms with van der Waals surface area (Å²) in [4.78, 5) is 0. The largest absolute Gasteiger partial charge is 0.616 e. The molecule has 0 N–H and O–H groups in total. The van der Waals surface area contributed by atoms with Crippen molar-refractivity contribution in [3.8, 4) is 0 Å². The van der Waals surface area contributed by atoms with Crippen LogP contribution in [0.25, 0.3) is 0 Å².